The highest BCUT2D eigenvalue weighted by atomic mass is 32.2. The molecule has 0 bridgehead atoms. The van der Waals surface area contributed by atoms with Crippen molar-refractivity contribution in [3.63, 3.8) is 0 Å². The number of rotatable bonds is 7. The van der Waals surface area contributed by atoms with Crippen molar-refractivity contribution >= 4 is 11.8 Å². The second-order valence-electron chi connectivity index (χ2n) is 3.08. The normalized spacial score (nSPS) is 14.9. The third-order valence-corrected chi connectivity index (χ3v) is 2.92. The van der Waals surface area contributed by atoms with E-state index >= 15 is 0 Å². The van der Waals surface area contributed by atoms with Crippen LogP contribution in [0.3, 0.4) is 0 Å². The molecule has 0 radical (unpaired) electrons. The van der Waals surface area contributed by atoms with E-state index in [-0.39, 0.29) is 5.92 Å². The lowest BCUT2D eigenvalue weighted by Gasteiger charge is -2.15. The van der Waals surface area contributed by atoms with Crippen molar-refractivity contribution in [3.8, 4) is 6.07 Å². The Hall–Kier alpha value is -0.200. The average molecular weight is 201 g/mol. The van der Waals surface area contributed by atoms with Gasteiger partial charge in [0.25, 0.3) is 0 Å². The van der Waals surface area contributed by atoms with Gasteiger partial charge in [-0.1, -0.05) is 20.3 Å². The maximum atomic E-state index is 9.63. The molecule has 0 aromatic heterocycles. The van der Waals surface area contributed by atoms with E-state index in [1.54, 1.807) is 0 Å². The molecule has 3 heteroatoms. The molecule has 13 heavy (non-hydrogen) atoms. The molecule has 2 atom stereocenters. The molecule has 0 fully saturated rings. The van der Waals surface area contributed by atoms with Gasteiger partial charge in [-0.3, -0.25) is 0 Å². The summed E-state index contributed by atoms with van der Waals surface area (Å²) in [5.41, 5.74) is 0. The van der Waals surface area contributed by atoms with Crippen molar-refractivity contribution in [3.05, 3.63) is 0 Å². The molecule has 0 aliphatic carbocycles. The molecule has 0 aromatic rings. The minimum absolute atomic E-state index is 0.164. The molecule has 1 N–H and O–H groups in total. The number of hydrogen-bond donors (Lipinski definition) is 1. The zero-order valence-corrected chi connectivity index (χ0v) is 9.31. The van der Waals surface area contributed by atoms with Gasteiger partial charge in [-0.2, -0.15) is 17.0 Å². The Labute approximate surface area is 85.3 Å². The lowest BCUT2D eigenvalue weighted by Crippen LogP contribution is -2.19. The SMILES string of the molecule is CCCC(C#N)C(O)CCSCC. The lowest BCUT2D eigenvalue weighted by molar-refractivity contribution is 0.125. The van der Waals surface area contributed by atoms with Crippen LogP contribution < -0.4 is 0 Å². The van der Waals surface area contributed by atoms with Gasteiger partial charge >= 0.3 is 0 Å². The van der Waals surface area contributed by atoms with Gasteiger partial charge in [0.2, 0.25) is 0 Å². The van der Waals surface area contributed by atoms with Crippen LogP contribution in [0, 0.1) is 17.2 Å². The number of nitriles is 1. The number of aliphatic hydroxyl groups excluding tert-OH is 1. The fraction of sp³-hybridized carbons (Fsp3) is 0.900. The van der Waals surface area contributed by atoms with E-state index in [0.29, 0.717) is 0 Å². The highest BCUT2D eigenvalue weighted by Gasteiger charge is 2.16. The lowest BCUT2D eigenvalue weighted by atomic mass is 9.97. The fourth-order valence-electron chi connectivity index (χ4n) is 1.20. The highest BCUT2D eigenvalue weighted by Crippen LogP contribution is 2.15. The predicted molar refractivity (Wildman–Crippen MR) is 57.6 cm³/mol. The van der Waals surface area contributed by atoms with Crippen LogP contribution in [0.1, 0.15) is 33.1 Å². The van der Waals surface area contributed by atoms with Crippen LogP contribution in [0.2, 0.25) is 0 Å². The van der Waals surface area contributed by atoms with Crippen molar-refractivity contribution in [1.82, 2.24) is 0 Å². The molecule has 0 spiro atoms. The molecule has 0 rings (SSSR count). The Balaban J connectivity index is 3.65. The molecular weight excluding hydrogens is 182 g/mol. The largest absolute Gasteiger partial charge is 0.392 e. The Kier molecular flexibility index (Phi) is 8.27. The van der Waals surface area contributed by atoms with Crippen molar-refractivity contribution in [1.29, 1.82) is 5.26 Å². The number of thioether (sulfide) groups is 1. The summed E-state index contributed by atoms with van der Waals surface area (Å²) in [7, 11) is 0. The molecule has 0 aliphatic rings. The van der Waals surface area contributed by atoms with Crippen LogP contribution in [0.25, 0.3) is 0 Å². The second kappa shape index (κ2) is 8.40. The molecule has 0 aromatic carbocycles. The average Bonchev–Trinajstić information content (AvgIpc) is 2.14. The second-order valence-corrected chi connectivity index (χ2v) is 4.47. The Morgan fingerprint density at radius 1 is 1.38 bits per heavy atom. The number of hydrogen-bond acceptors (Lipinski definition) is 3. The summed E-state index contributed by atoms with van der Waals surface area (Å²) < 4.78 is 0. The summed E-state index contributed by atoms with van der Waals surface area (Å²) in [5.74, 6) is 1.87. The maximum Gasteiger partial charge on any atom is 0.0722 e. The van der Waals surface area contributed by atoms with Gasteiger partial charge in [0.15, 0.2) is 0 Å². The van der Waals surface area contributed by atoms with Crippen LogP contribution in [-0.2, 0) is 0 Å². The fourth-order valence-corrected chi connectivity index (χ4v) is 1.90. The summed E-state index contributed by atoms with van der Waals surface area (Å²) in [6.07, 6.45) is 2.10. The van der Waals surface area contributed by atoms with Gasteiger partial charge in [0.1, 0.15) is 0 Å². The first kappa shape index (κ1) is 12.8. The molecule has 0 aliphatic heterocycles. The minimum Gasteiger partial charge on any atom is -0.392 e. The monoisotopic (exact) mass is 201 g/mol. The first-order valence-corrected chi connectivity index (χ1v) is 6.07. The number of aliphatic hydroxyl groups is 1. The summed E-state index contributed by atoms with van der Waals surface area (Å²) in [6, 6.07) is 2.17. The molecule has 0 amide bonds. The molecule has 2 nitrogen and oxygen atoms in total. The van der Waals surface area contributed by atoms with E-state index in [1.807, 2.05) is 18.7 Å². The number of nitrogens with zero attached hydrogens (tertiary/aromatic N) is 1. The van der Waals surface area contributed by atoms with E-state index in [9.17, 15) is 5.11 Å². The van der Waals surface area contributed by atoms with Crippen molar-refractivity contribution in [2.24, 2.45) is 5.92 Å². The standard InChI is InChI=1S/C10H19NOS/c1-3-5-9(8-11)10(12)6-7-13-4-2/h9-10,12H,3-7H2,1-2H3. The highest BCUT2D eigenvalue weighted by molar-refractivity contribution is 7.99. The Bertz CT molecular complexity index is 155. The van der Waals surface area contributed by atoms with Crippen LogP contribution >= 0.6 is 11.8 Å². The van der Waals surface area contributed by atoms with Gasteiger partial charge in [0.05, 0.1) is 18.1 Å². The summed E-state index contributed by atoms with van der Waals surface area (Å²) >= 11 is 1.81. The molecule has 0 saturated heterocycles. The smallest absolute Gasteiger partial charge is 0.0722 e. The van der Waals surface area contributed by atoms with Crippen molar-refractivity contribution in [2.75, 3.05) is 11.5 Å². The van der Waals surface area contributed by atoms with E-state index in [2.05, 4.69) is 13.0 Å². The molecular formula is C10H19NOS. The summed E-state index contributed by atoms with van der Waals surface area (Å²) in [6.45, 7) is 4.14. The van der Waals surface area contributed by atoms with Gasteiger partial charge in [0, 0.05) is 0 Å². The van der Waals surface area contributed by atoms with Gasteiger partial charge in [-0.25, -0.2) is 0 Å². The summed E-state index contributed by atoms with van der Waals surface area (Å²) in [5, 5.41) is 18.4. The first-order chi connectivity index (χ1) is 6.26. The van der Waals surface area contributed by atoms with Crippen LogP contribution in [-0.4, -0.2) is 22.7 Å². The third kappa shape index (κ3) is 5.95. The molecule has 0 heterocycles. The van der Waals surface area contributed by atoms with E-state index in [1.165, 1.54) is 0 Å². The van der Waals surface area contributed by atoms with Crippen molar-refractivity contribution in [2.45, 2.75) is 39.2 Å². The predicted octanol–water partition coefficient (Wildman–Crippen LogP) is 2.43. The zero-order chi connectivity index (χ0) is 10.1. The summed E-state index contributed by atoms with van der Waals surface area (Å²) in [4.78, 5) is 0. The zero-order valence-electron chi connectivity index (χ0n) is 8.49. The Morgan fingerprint density at radius 2 is 2.08 bits per heavy atom. The van der Waals surface area contributed by atoms with E-state index in [4.69, 9.17) is 5.26 Å². The van der Waals surface area contributed by atoms with E-state index in [0.717, 1.165) is 30.8 Å². The maximum absolute atomic E-state index is 9.63. The van der Waals surface area contributed by atoms with Crippen LogP contribution in [0.15, 0.2) is 0 Å². The Morgan fingerprint density at radius 3 is 2.54 bits per heavy atom. The molecule has 76 valence electrons. The first-order valence-electron chi connectivity index (χ1n) is 4.91. The third-order valence-electron chi connectivity index (χ3n) is 1.99. The van der Waals surface area contributed by atoms with Crippen LogP contribution in [0.4, 0.5) is 0 Å². The molecule has 0 saturated carbocycles. The van der Waals surface area contributed by atoms with Crippen molar-refractivity contribution < 1.29 is 5.11 Å². The quantitative estimate of drug-likeness (QED) is 0.643. The minimum atomic E-state index is -0.427. The van der Waals surface area contributed by atoms with Gasteiger partial charge in [-0.05, 0) is 24.3 Å². The van der Waals surface area contributed by atoms with Crippen LogP contribution in [0.5, 0.6) is 0 Å². The molecule has 2 unspecified atom stereocenters. The topological polar surface area (TPSA) is 44.0 Å². The van der Waals surface area contributed by atoms with Gasteiger partial charge < -0.3 is 5.11 Å². The van der Waals surface area contributed by atoms with E-state index < -0.39 is 6.10 Å². The van der Waals surface area contributed by atoms with Gasteiger partial charge in [-0.15, -0.1) is 0 Å².